The Balaban J connectivity index is 1.61. The third-order valence-electron chi connectivity index (χ3n) is 5.56. The van der Waals surface area contributed by atoms with Gasteiger partial charge in [-0.3, -0.25) is 0 Å². The van der Waals surface area contributed by atoms with Gasteiger partial charge in [-0.15, -0.1) is 0 Å². The second-order valence-electron chi connectivity index (χ2n) is 6.98. The molecule has 2 aromatic rings. The molecule has 0 fully saturated rings. The van der Waals surface area contributed by atoms with Crippen molar-refractivity contribution in [2.75, 3.05) is 13.6 Å². The average molecular weight is 356 g/mol. The first-order valence-corrected chi connectivity index (χ1v) is 10.3. The monoisotopic (exact) mass is 356 g/mol. The SMILES string of the molecule is CN(C1CCCc2ccccc21)S(=O)(=O)N1CCc2ccccc2C1. The van der Waals surface area contributed by atoms with Crippen molar-refractivity contribution in [3.05, 3.63) is 70.8 Å². The van der Waals surface area contributed by atoms with Gasteiger partial charge in [0, 0.05) is 20.1 Å². The Morgan fingerprint density at radius 2 is 1.64 bits per heavy atom. The number of nitrogens with zero attached hydrogens (tertiary/aromatic N) is 2. The van der Waals surface area contributed by atoms with Gasteiger partial charge in [0.25, 0.3) is 10.2 Å². The lowest BCUT2D eigenvalue weighted by Gasteiger charge is -2.37. The molecule has 0 radical (unpaired) electrons. The van der Waals surface area contributed by atoms with Crippen LogP contribution in [0.1, 0.15) is 41.1 Å². The first-order valence-electron chi connectivity index (χ1n) is 8.95. The molecular formula is C20H24N2O2S. The molecule has 0 bridgehead atoms. The molecule has 0 spiro atoms. The van der Waals surface area contributed by atoms with E-state index in [1.807, 2.05) is 30.3 Å². The molecule has 1 unspecified atom stereocenters. The highest BCUT2D eigenvalue weighted by atomic mass is 32.2. The van der Waals surface area contributed by atoms with E-state index in [1.165, 1.54) is 11.1 Å². The lowest BCUT2D eigenvalue weighted by molar-refractivity contribution is 0.290. The zero-order chi connectivity index (χ0) is 17.4. The molecule has 5 heteroatoms. The van der Waals surface area contributed by atoms with Crippen LogP contribution < -0.4 is 0 Å². The largest absolute Gasteiger partial charge is 0.282 e. The van der Waals surface area contributed by atoms with Gasteiger partial charge in [0.1, 0.15) is 0 Å². The molecule has 0 saturated carbocycles. The molecule has 132 valence electrons. The summed E-state index contributed by atoms with van der Waals surface area (Å²) in [5.74, 6) is 0. The average Bonchev–Trinajstić information content (AvgIpc) is 2.66. The van der Waals surface area contributed by atoms with Crippen LogP contribution in [0.3, 0.4) is 0 Å². The maximum atomic E-state index is 13.3. The molecule has 2 aromatic carbocycles. The van der Waals surface area contributed by atoms with E-state index in [2.05, 4.69) is 18.2 Å². The quantitative estimate of drug-likeness (QED) is 0.847. The van der Waals surface area contributed by atoms with E-state index in [4.69, 9.17) is 0 Å². The Labute approximate surface area is 150 Å². The predicted octanol–water partition coefficient (Wildman–Crippen LogP) is 3.30. The summed E-state index contributed by atoms with van der Waals surface area (Å²) >= 11 is 0. The van der Waals surface area contributed by atoms with Gasteiger partial charge in [0.2, 0.25) is 0 Å². The standard InChI is InChI=1S/C20H24N2O2S/c1-21(20-12-6-10-17-8-4-5-11-19(17)20)25(23,24)22-14-13-16-7-2-3-9-18(16)15-22/h2-5,7-9,11,20H,6,10,12-15H2,1H3. The highest BCUT2D eigenvalue weighted by Crippen LogP contribution is 2.36. The molecule has 25 heavy (non-hydrogen) atoms. The van der Waals surface area contributed by atoms with Crippen LogP contribution in [-0.2, 0) is 29.6 Å². The number of aryl methyl sites for hydroxylation is 1. The van der Waals surface area contributed by atoms with Crippen LogP contribution in [0.2, 0.25) is 0 Å². The van der Waals surface area contributed by atoms with Crippen molar-refractivity contribution >= 4 is 10.2 Å². The van der Waals surface area contributed by atoms with Crippen LogP contribution in [0.25, 0.3) is 0 Å². The first-order chi connectivity index (χ1) is 12.1. The van der Waals surface area contributed by atoms with E-state index in [0.29, 0.717) is 13.1 Å². The third kappa shape index (κ3) is 3.01. The fourth-order valence-corrected chi connectivity index (χ4v) is 5.64. The number of hydrogen-bond acceptors (Lipinski definition) is 2. The topological polar surface area (TPSA) is 40.6 Å². The zero-order valence-corrected chi connectivity index (χ0v) is 15.4. The van der Waals surface area contributed by atoms with Gasteiger partial charge in [0.05, 0.1) is 6.04 Å². The summed E-state index contributed by atoms with van der Waals surface area (Å²) in [4.78, 5) is 0. The van der Waals surface area contributed by atoms with Crippen molar-refractivity contribution in [1.29, 1.82) is 0 Å². The smallest absolute Gasteiger partial charge is 0.195 e. The maximum Gasteiger partial charge on any atom is 0.282 e. The van der Waals surface area contributed by atoms with Crippen LogP contribution >= 0.6 is 0 Å². The summed E-state index contributed by atoms with van der Waals surface area (Å²) in [6, 6.07) is 16.3. The zero-order valence-electron chi connectivity index (χ0n) is 14.6. The van der Waals surface area contributed by atoms with E-state index in [1.54, 1.807) is 15.7 Å². The van der Waals surface area contributed by atoms with Crippen molar-refractivity contribution in [2.24, 2.45) is 0 Å². The fourth-order valence-electron chi connectivity index (χ4n) is 4.12. The van der Waals surface area contributed by atoms with Crippen molar-refractivity contribution in [3.63, 3.8) is 0 Å². The van der Waals surface area contributed by atoms with E-state index >= 15 is 0 Å². The molecule has 0 saturated heterocycles. The summed E-state index contributed by atoms with van der Waals surface area (Å²) in [6.45, 7) is 1.02. The van der Waals surface area contributed by atoms with E-state index in [9.17, 15) is 8.42 Å². The molecule has 1 aliphatic carbocycles. The lowest BCUT2D eigenvalue weighted by Crippen LogP contribution is -2.46. The molecule has 2 aliphatic rings. The van der Waals surface area contributed by atoms with Gasteiger partial charge in [-0.25, -0.2) is 0 Å². The molecule has 0 N–H and O–H groups in total. The fraction of sp³-hybridized carbons (Fsp3) is 0.400. The molecular weight excluding hydrogens is 332 g/mol. The third-order valence-corrected chi connectivity index (χ3v) is 7.51. The van der Waals surface area contributed by atoms with Crippen molar-refractivity contribution in [3.8, 4) is 0 Å². The van der Waals surface area contributed by atoms with Crippen LogP contribution in [0, 0.1) is 0 Å². The highest BCUT2D eigenvalue weighted by Gasteiger charge is 2.36. The predicted molar refractivity (Wildman–Crippen MR) is 99.4 cm³/mol. The molecule has 1 aliphatic heterocycles. The molecule has 4 rings (SSSR count). The molecule has 1 atom stereocenters. The molecule has 0 amide bonds. The summed E-state index contributed by atoms with van der Waals surface area (Å²) in [7, 11) is -1.74. The Morgan fingerprint density at radius 3 is 2.44 bits per heavy atom. The van der Waals surface area contributed by atoms with E-state index in [0.717, 1.165) is 36.8 Å². The van der Waals surface area contributed by atoms with Gasteiger partial charge in [-0.1, -0.05) is 48.5 Å². The van der Waals surface area contributed by atoms with Crippen molar-refractivity contribution in [2.45, 2.75) is 38.3 Å². The van der Waals surface area contributed by atoms with Crippen molar-refractivity contribution < 1.29 is 8.42 Å². The normalized spacial score (nSPS) is 21.0. The second kappa shape index (κ2) is 6.56. The van der Waals surface area contributed by atoms with Crippen molar-refractivity contribution in [1.82, 2.24) is 8.61 Å². The highest BCUT2D eigenvalue weighted by molar-refractivity contribution is 7.86. The Hall–Kier alpha value is -1.69. The Bertz CT molecular complexity index is 879. The van der Waals surface area contributed by atoms with E-state index in [-0.39, 0.29) is 6.04 Å². The number of benzene rings is 2. The lowest BCUT2D eigenvalue weighted by atomic mass is 9.88. The number of hydrogen-bond donors (Lipinski definition) is 0. The van der Waals surface area contributed by atoms with Gasteiger partial charge in [0.15, 0.2) is 0 Å². The van der Waals surface area contributed by atoms with Crippen LogP contribution in [0.15, 0.2) is 48.5 Å². The molecule has 0 aromatic heterocycles. The van der Waals surface area contributed by atoms with Gasteiger partial charge in [-0.05, 0) is 47.9 Å². The van der Waals surface area contributed by atoms with Gasteiger partial charge >= 0.3 is 0 Å². The summed E-state index contributed by atoms with van der Waals surface area (Å²) in [5, 5.41) is 0. The summed E-state index contributed by atoms with van der Waals surface area (Å²) in [5.41, 5.74) is 4.83. The summed E-state index contributed by atoms with van der Waals surface area (Å²) < 4.78 is 29.7. The molecule has 4 nitrogen and oxygen atoms in total. The first kappa shape index (κ1) is 16.8. The minimum atomic E-state index is -3.48. The van der Waals surface area contributed by atoms with Crippen LogP contribution in [0.5, 0.6) is 0 Å². The van der Waals surface area contributed by atoms with Gasteiger partial charge in [-0.2, -0.15) is 17.0 Å². The van der Waals surface area contributed by atoms with Gasteiger partial charge < -0.3 is 0 Å². The Morgan fingerprint density at radius 1 is 0.960 bits per heavy atom. The number of rotatable bonds is 3. The summed E-state index contributed by atoms with van der Waals surface area (Å²) in [6.07, 6.45) is 3.74. The second-order valence-corrected chi connectivity index (χ2v) is 8.97. The molecule has 1 heterocycles. The van der Waals surface area contributed by atoms with Crippen LogP contribution in [-0.4, -0.2) is 30.6 Å². The Kier molecular flexibility index (Phi) is 4.40. The van der Waals surface area contributed by atoms with E-state index < -0.39 is 10.2 Å². The van der Waals surface area contributed by atoms with Crippen LogP contribution in [0.4, 0.5) is 0 Å². The minimum absolute atomic E-state index is 0.0629. The minimum Gasteiger partial charge on any atom is -0.195 e. The maximum absolute atomic E-state index is 13.3. The number of fused-ring (bicyclic) bond motifs is 2.